The third-order valence-corrected chi connectivity index (χ3v) is 4.67. The first-order chi connectivity index (χ1) is 8.05. The molecule has 2 N–H and O–H groups in total. The van der Waals surface area contributed by atoms with E-state index in [1.807, 2.05) is 12.3 Å². The molecule has 0 aromatic carbocycles. The van der Waals surface area contributed by atoms with Crippen molar-refractivity contribution in [2.75, 3.05) is 12.3 Å². The van der Waals surface area contributed by atoms with Crippen LogP contribution in [-0.2, 0) is 16.6 Å². The van der Waals surface area contributed by atoms with E-state index in [0.717, 1.165) is 10.7 Å². The molecule has 1 aliphatic carbocycles. The summed E-state index contributed by atoms with van der Waals surface area (Å²) in [5, 5.41) is 6.01. The van der Waals surface area contributed by atoms with Gasteiger partial charge in [0.15, 0.2) is 0 Å². The standard InChI is InChI=1S/C10H17N3O2S2/c1-8-13-10(7-16-8)6-12-17(14,15)5-4-11-9-2-3-9/h7,9,11-12H,2-6H2,1H3. The first-order valence-corrected chi connectivity index (χ1v) is 8.20. The zero-order valence-electron chi connectivity index (χ0n) is 9.77. The molecule has 1 saturated carbocycles. The maximum Gasteiger partial charge on any atom is 0.213 e. The normalized spacial score (nSPS) is 16.3. The fourth-order valence-corrected chi connectivity index (χ4v) is 2.94. The number of hydrogen-bond donors (Lipinski definition) is 2. The van der Waals surface area contributed by atoms with Crippen molar-refractivity contribution in [3.63, 3.8) is 0 Å². The minimum atomic E-state index is -3.19. The molecule has 0 amide bonds. The van der Waals surface area contributed by atoms with Gasteiger partial charge in [-0.3, -0.25) is 0 Å². The van der Waals surface area contributed by atoms with Crippen LogP contribution in [-0.4, -0.2) is 31.7 Å². The highest BCUT2D eigenvalue weighted by molar-refractivity contribution is 7.89. The quantitative estimate of drug-likeness (QED) is 0.765. The van der Waals surface area contributed by atoms with Gasteiger partial charge in [-0.15, -0.1) is 11.3 Å². The number of nitrogens with one attached hydrogen (secondary N) is 2. The maximum atomic E-state index is 11.6. The molecule has 1 aromatic heterocycles. The second kappa shape index (κ2) is 5.43. The molecule has 0 radical (unpaired) electrons. The van der Waals surface area contributed by atoms with E-state index in [-0.39, 0.29) is 12.3 Å². The van der Waals surface area contributed by atoms with E-state index in [4.69, 9.17) is 0 Å². The molecule has 2 rings (SSSR count). The maximum absolute atomic E-state index is 11.6. The number of aryl methyl sites for hydroxylation is 1. The smallest absolute Gasteiger partial charge is 0.213 e. The molecule has 1 aromatic rings. The van der Waals surface area contributed by atoms with Gasteiger partial charge < -0.3 is 5.32 Å². The Labute approximate surface area is 106 Å². The predicted molar refractivity (Wildman–Crippen MR) is 68.5 cm³/mol. The Bertz CT molecular complexity index is 466. The summed E-state index contributed by atoms with van der Waals surface area (Å²) in [5.41, 5.74) is 0.784. The number of aromatic nitrogens is 1. The van der Waals surface area contributed by atoms with Crippen LogP contribution in [0.4, 0.5) is 0 Å². The number of hydrogen-bond acceptors (Lipinski definition) is 5. The van der Waals surface area contributed by atoms with Crippen LogP contribution in [0.3, 0.4) is 0 Å². The fraction of sp³-hybridized carbons (Fsp3) is 0.700. The molecule has 7 heteroatoms. The zero-order valence-corrected chi connectivity index (χ0v) is 11.4. The van der Waals surface area contributed by atoms with Gasteiger partial charge in [0.1, 0.15) is 0 Å². The van der Waals surface area contributed by atoms with E-state index < -0.39 is 10.0 Å². The first-order valence-electron chi connectivity index (χ1n) is 5.67. The van der Waals surface area contributed by atoms with E-state index in [9.17, 15) is 8.42 Å². The van der Waals surface area contributed by atoms with Gasteiger partial charge in [-0.05, 0) is 19.8 Å². The van der Waals surface area contributed by atoms with Crippen LogP contribution in [0, 0.1) is 6.92 Å². The van der Waals surface area contributed by atoms with Gasteiger partial charge in [-0.25, -0.2) is 18.1 Å². The Morgan fingerprint density at radius 1 is 1.53 bits per heavy atom. The van der Waals surface area contributed by atoms with E-state index >= 15 is 0 Å². The molecule has 1 aliphatic rings. The lowest BCUT2D eigenvalue weighted by Crippen LogP contribution is -2.32. The summed E-state index contributed by atoms with van der Waals surface area (Å²) in [6, 6.07) is 0.548. The molecule has 96 valence electrons. The van der Waals surface area contributed by atoms with Gasteiger partial charge >= 0.3 is 0 Å². The summed E-state index contributed by atoms with van der Waals surface area (Å²) in [4.78, 5) is 4.21. The lowest BCUT2D eigenvalue weighted by Gasteiger charge is -2.05. The minimum Gasteiger partial charge on any atom is -0.313 e. The van der Waals surface area contributed by atoms with E-state index in [1.54, 1.807) is 0 Å². The second-order valence-corrected chi connectivity index (χ2v) is 7.21. The van der Waals surface area contributed by atoms with Crippen LogP contribution < -0.4 is 10.0 Å². The Morgan fingerprint density at radius 2 is 2.29 bits per heavy atom. The molecule has 17 heavy (non-hydrogen) atoms. The van der Waals surface area contributed by atoms with E-state index in [2.05, 4.69) is 15.0 Å². The Morgan fingerprint density at radius 3 is 2.88 bits per heavy atom. The third-order valence-electron chi connectivity index (χ3n) is 2.52. The number of nitrogens with zero attached hydrogens (tertiary/aromatic N) is 1. The number of rotatable bonds is 7. The highest BCUT2D eigenvalue weighted by Crippen LogP contribution is 2.18. The van der Waals surface area contributed by atoms with Gasteiger partial charge in [0.2, 0.25) is 10.0 Å². The fourth-order valence-electron chi connectivity index (χ4n) is 1.43. The predicted octanol–water partition coefficient (Wildman–Crippen LogP) is 0.623. The molecule has 0 spiro atoms. The summed E-state index contributed by atoms with van der Waals surface area (Å²) in [6.07, 6.45) is 2.34. The minimum absolute atomic E-state index is 0.132. The largest absolute Gasteiger partial charge is 0.313 e. The topological polar surface area (TPSA) is 71.1 Å². The summed E-state index contributed by atoms with van der Waals surface area (Å²) in [5.74, 6) is 0.132. The van der Waals surface area contributed by atoms with Crippen molar-refractivity contribution in [2.24, 2.45) is 0 Å². The molecule has 0 atom stereocenters. The molecular weight excluding hydrogens is 258 g/mol. The van der Waals surface area contributed by atoms with Gasteiger partial charge in [-0.1, -0.05) is 0 Å². The van der Waals surface area contributed by atoms with Gasteiger partial charge in [0.25, 0.3) is 0 Å². The highest BCUT2D eigenvalue weighted by Gasteiger charge is 2.21. The monoisotopic (exact) mass is 275 g/mol. The Hall–Kier alpha value is -0.500. The van der Waals surface area contributed by atoms with Crippen molar-refractivity contribution >= 4 is 21.4 Å². The van der Waals surface area contributed by atoms with Gasteiger partial charge in [-0.2, -0.15) is 0 Å². The van der Waals surface area contributed by atoms with Crippen molar-refractivity contribution < 1.29 is 8.42 Å². The molecule has 1 heterocycles. The SMILES string of the molecule is Cc1nc(CNS(=O)(=O)CCNC2CC2)cs1. The van der Waals surface area contributed by atoms with Crippen LogP contribution in [0.15, 0.2) is 5.38 Å². The van der Waals surface area contributed by atoms with Crippen LogP contribution in [0.1, 0.15) is 23.5 Å². The first kappa shape index (κ1) is 12.9. The molecule has 1 fully saturated rings. The lowest BCUT2D eigenvalue weighted by molar-refractivity contribution is 0.575. The summed E-state index contributed by atoms with van der Waals surface area (Å²) in [7, 11) is -3.19. The number of sulfonamides is 1. The van der Waals surface area contributed by atoms with Crippen molar-refractivity contribution in [3.8, 4) is 0 Å². The average Bonchev–Trinajstić information content (AvgIpc) is 2.98. The number of thiazole rings is 1. The van der Waals surface area contributed by atoms with Crippen LogP contribution in [0.5, 0.6) is 0 Å². The van der Waals surface area contributed by atoms with Crippen molar-refractivity contribution in [3.05, 3.63) is 16.1 Å². The van der Waals surface area contributed by atoms with Crippen molar-refractivity contribution in [1.29, 1.82) is 0 Å². The molecule has 0 aliphatic heterocycles. The van der Waals surface area contributed by atoms with Crippen molar-refractivity contribution in [1.82, 2.24) is 15.0 Å². The second-order valence-electron chi connectivity index (χ2n) is 4.23. The Balaban J connectivity index is 1.72. The van der Waals surface area contributed by atoms with E-state index in [1.165, 1.54) is 24.2 Å². The molecule has 5 nitrogen and oxygen atoms in total. The molecule has 0 unspecified atom stereocenters. The van der Waals surface area contributed by atoms with Gasteiger partial charge in [0, 0.05) is 18.0 Å². The van der Waals surface area contributed by atoms with E-state index in [0.29, 0.717) is 12.6 Å². The lowest BCUT2D eigenvalue weighted by atomic mass is 10.5. The summed E-state index contributed by atoms with van der Waals surface area (Å²) >= 11 is 1.53. The van der Waals surface area contributed by atoms with Crippen LogP contribution in [0.2, 0.25) is 0 Å². The molecular formula is C10H17N3O2S2. The molecule has 0 bridgehead atoms. The average molecular weight is 275 g/mol. The van der Waals surface area contributed by atoms with Crippen molar-refractivity contribution in [2.45, 2.75) is 32.4 Å². The molecule has 0 saturated heterocycles. The zero-order chi connectivity index (χ0) is 12.3. The van der Waals surface area contributed by atoms with Crippen LogP contribution in [0.25, 0.3) is 0 Å². The summed E-state index contributed by atoms with van der Waals surface area (Å²) < 4.78 is 25.8. The van der Waals surface area contributed by atoms with Gasteiger partial charge in [0.05, 0.1) is 23.0 Å². The Kier molecular flexibility index (Phi) is 4.13. The van der Waals surface area contributed by atoms with Crippen LogP contribution >= 0.6 is 11.3 Å². The highest BCUT2D eigenvalue weighted by atomic mass is 32.2. The third kappa shape index (κ3) is 4.71. The summed E-state index contributed by atoms with van der Waals surface area (Å²) in [6.45, 7) is 2.72.